The van der Waals surface area contributed by atoms with Crippen LogP contribution in [-0.4, -0.2) is 25.3 Å². The van der Waals surface area contributed by atoms with E-state index in [1.54, 1.807) is 0 Å². The molecule has 0 radical (unpaired) electrons. The van der Waals surface area contributed by atoms with Crippen molar-refractivity contribution in [2.75, 3.05) is 13.2 Å². The van der Waals surface area contributed by atoms with Crippen molar-refractivity contribution in [1.29, 1.82) is 0 Å². The first-order valence-electron chi connectivity index (χ1n) is 7.50. The monoisotopic (exact) mass is 239 g/mol. The van der Waals surface area contributed by atoms with Gasteiger partial charge in [-0.2, -0.15) is 0 Å². The van der Waals surface area contributed by atoms with E-state index in [-0.39, 0.29) is 0 Å². The van der Waals surface area contributed by atoms with Crippen molar-refractivity contribution in [2.24, 2.45) is 11.3 Å². The zero-order valence-electron chi connectivity index (χ0n) is 11.8. The quantitative estimate of drug-likeness (QED) is 0.767. The molecule has 1 saturated heterocycles. The summed E-state index contributed by atoms with van der Waals surface area (Å²) in [4.78, 5) is 0. The summed E-state index contributed by atoms with van der Waals surface area (Å²) >= 11 is 0. The lowest BCUT2D eigenvalue weighted by molar-refractivity contribution is -0.0249. The predicted octanol–water partition coefficient (Wildman–Crippen LogP) is 3.36. The number of rotatable bonds is 6. The molecule has 0 amide bonds. The lowest BCUT2D eigenvalue weighted by atomic mass is 9.94. The molecule has 1 aliphatic carbocycles. The summed E-state index contributed by atoms with van der Waals surface area (Å²) in [6.07, 6.45) is 8.53. The maximum atomic E-state index is 5.82. The summed E-state index contributed by atoms with van der Waals surface area (Å²) in [5.41, 5.74) is 0.681. The molecule has 1 heterocycles. The normalized spacial score (nSPS) is 31.8. The van der Waals surface area contributed by atoms with Gasteiger partial charge in [0.05, 0.1) is 6.10 Å². The van der Waals surface area contributed by atoms with Gasteiger partial charge in [0.25, 0.3) is 0 Å². The van der Waals surface area contributed by atoms with E-state index in [0.717, 1.165) is 6.61 Å². The van der Waals surface area contributed by atoms with Gasteiger partial charge in [-0.05, 0) is 43.4 Å². The van der Waals surface area contributed by atoms with Crippen molar-refractivity contribution in [1.82, 2.24) is 5.32 Å². The minimum absolute atomic E-state index is 0.475. The Morgan fingerprint density at radius 3 is 2.71 bits per heavy atom. The molecule has 100 valence electrons. The van der Waals surface area contributed by atoms with E-state index < -0.39 is 0 Å². The average molecular weight is 239 g/mol. The van der Waals surface area contributed by atoms with Crippen LogP contribution in [0.3, 0.4) is 0 Å². The second kappa shape index (κ2) is 5.71. The largest absolute Gasteiger partial charge is 0.378 e. The SMILES string of the molecule is CCCC1(CNC2CCOC(C(C)C)C2)CC1. The summed E-state index contributed by atoms with van der Waals surface area (Å²) in [6.45, 7) is 9.04. The van der Waals surface area contributed by atoms with E-state index in [4.69, 9.17) is 4.74 Å². The smallest absolute Gasteiger partial charge is 0.0612 e. The Kier molecular flexibility index (Phi) is 4.48. The molecule has 0 aromatic carbocycles. The number of nitrogens with one attached hydrogen (secondary N) is 1. The van der Waals surface area contributed by atoms with Gasteiger partial charge >= 0.3 is 0 Å². The Balaban J connectivity index is 1.72. The van der Waals surface area contributed by atoms with Gasteiger partial charge in [0.1, 0.15) is 0 Å². The van der Waals surface area contributed by atoms with Crippen LogP contribution in [0.2, 0.25) is 0 Å². The van der Waals surface area contributed by atoms with E-state index >= 15 is 0 Å². The first kappa shape index (κ1) is 13.4. The van der Waals surface area contributed by atoms with Gasteiger partial charge in [0.15, 0.2) is 0 Å². The van der Waals surface area contributed by atoms with Crippen molar-refractivity contribution in [3.8, 4) is 0 Å². The molecular weight excluding hydrogens is 210 g/mol. The molecule has 2 nitrogen and oxygen atoms in total. The van der Waals surface area contributed by atoms with E-state index in [0.29, 0.717) is 23.5 Å². The van der Waals surface area contributed by atoms with Crippen molar-refractivity contribution in [3.05, 3.63) is 0 Å². The summed E-state index contributed by atoms with van der Waals surface area (Å²) < 4.78 is 5.82. The standard InChI is InChI=1S/C15H29NO/c1-4-6-15(7-8-15)11-16-13-5-9-17-14(10-13)12(2)3/h12-14,16H,4-11H2,1-3H3. The van der Waals surface area contributed by atoms with Crippen molar-refractivity contribution in [2.45, 2.75) is 71.4 Å². The Hall–Kier alpha value is -0.0800. The van der Waals surface area contributed by atoms with Crippen LogP contribution in [0.25, 0.3) is 0 Å². The van der Waals surface area contributed by atoms with Crippen molar-refractivity contribution >= 4 is 0 Å². The molecule has 2 unspecified atom stereocenters. The van der Waals surface area contributed by atoms with E-state index in [9.17, 15) is 0 Å². The fourth-order valence-corrected chi connectivity index (χ4v) is 3.06. The lowest BCUT2D eigenvalue weighted by Gasteiger charge is -2.33. The molecule has 0 aromatic heterocycles. The van der Waals surface area contributed by atoms with Crippen molar-refractivity contribution in [3.63, 3.8) is 0 Å². The first-order chi connectivity index (χ1) is 8.15. The third kappa shape index (κ3) is 3.69. The Morgan fingerprint density at radius 1 is 1.35 bits per heavy atom. The molecule has 0 aromatic rings. The van der Waals surface area contributed by atoms with Crippen LogP contribution in [-0.2, 0) is 4.74 Å². The zero-order chi connectivity index (χ0) is 12.3. The highest BCUT2D eigenvalue weighted by atomic mass is 16.5. The van der Waals surface area contributed by atoms with Crippen LogP contribution in [0.5, 0.6) is 0 Å². The fourth-order valence-electron chi connectivity index (χ4n) is 3.06. The third-order valence-corrected chi connectivity index (χ3v) is 4.56. The Morgan fingerprint density at radius 2 is 2.12 bits per heavy atom. The van der Waals surface area contributed by atoms with Crippen LogP contribution in [0.1, 0.15) is 59.3 Å². The molecule has 2 rings (SSSR count). The summed E-state index contributed by atoms with van der Waals surface area (Å²) in [5.74, 6) is 0.658. The second-order valence-electron chi connectivity index (χ2n) is 6.51. The number of ether oxygens (including phenoxy) is 1. The molecule has 2 aliphatic rings. The van der Waals surface area contributed by atoms with Gasteiger partial charge in [0, 0.05) is 19.2 Å². The summed E-state index contributed by atoms with van der Waals surface area (Å²) in [6, 6.07) is 0.700. The minimum atomic E-state index is 0.475. The van der Waals surface area contributed by atoms with Crippen LogP contribution in [0.4, 0.5) is 0 Å². The minimum Gasteiger partial charge on any atom is -0.378 e. The Bertz CT molecular complexity index is 235. The highest BCUT2D eigenvalue weighted by Crippen LogP contribution is 2.49. The molecule has 0 spiro atoms. The van der Waals surface area contributed by atoms with Gasteiger partial charge in [-0.25, -0.2) is 0 Å². The van der Waals surface area contributed by atoms with Crippen molar-refractivity contribution < 1.29 is 4.74 Å². The molecule has 2 heteroatoms. The molecule has 1 N–H and O–H groups in total. The summed E-state index contributed by atoms with van der Waals surface area (Å²) in [7, 11) is 0. The molecular formula is C15H29NO. The van der Waals surface area contributed by atoms with Crippen LogP contribution >= 0.6 is 0 Å². The van der Waals surface area contributed by atoms with Gasteiger partial charge in [-0.3, -0.25) is 0 Å². The van der Waals surface area contributed by atoms with Crippen LogP contribution in [0, 0.1) is 11.3 Å². The Labute approximate surface area is 107 Å². The maximum Gasteiger partial charge on any atom is 0.0612 e. The van der Waals surface area contributed by atoms with Gasteiger partial charge in [-0.1, -0.05) is 27.2 Å². The fraction of sp³-hybridized carbons (Fsp3) is 1.00. The van der Waals surface area contributed by atoms with Gasteiger partial charge in [0.2, 0.25) is 0 Å². The highest BCUT2D eigenvalue weighted by molar-refractivity contribution is 4.95. The molecule has 1 saturated carbocycles. The number of hydrogen-bond donors (Lipinski definition) is 1. The average Bonchev–Trinajstić information content (AvgIpc) is 3.08. The van der Waals surface area contributed by atoms with Crippen LogP contribution in [0.15, 0.2) is 0 Å². The van der Waals surface area contributed by atoms with Gasteiger partial charge in [-0.15, -0.1) is 0 Å². The van der Waals surface area contributed by atoms with Gasteiger partial charge < -0.3 is 10.1 Å². The number of hydrogen-bond acceptors (Lipinski definition) is 2. The molecule has 17 heavy (non-hydrogen) atoms. The molecule has 2 atom stereocenters. The lowest BCUT2D eigenvalue weighted by Crippen LogP contribution is -2.42. The molecule has 1 aliphatic heterocycles. The second-order valence-corrected chi connectivity index (χ2v) is 6.51. The predicted molar refractivity (Wildman–Crippen MR) is 72.2 cm³/mol. The molecule has 2 fully saturated rings. The van der Waals surface area contributed by atoms with E-state index in [1.165, 1.54) is 45.1 Å². The first-order valence-corrected chi connectivity index (χ1v) is 7.50. The maximum absolute atomic E-state index is 5.82. The zero-order valence-corrected chi connectivity index (χ0v) is 11.8. The highest BCUT2D eigenvalue weighted by Gasteiger charge is 2.41. The van der Waals surface area contributed by atoms with E-state index in [1.807, 2.05) is 0 Å². The van der Waals surface area contributed by atoms with Crippen LogP contribution < -0.4 is 5.32 Å². The third-order valence-electron chi connectivity index (χ3n) is 4.56. The van der Waals surface area contributed by atoms with E-state index in [2.05, 4.69) is 26.1 Å². The topological polar surface area (TPSA) is 21.3 Å². The molecule has 0 bridgehead atoms. The summed E-state index contributed by atoms with van der Waals surface area (Å²) in [5, 5.41) is 3.81.